The molecule has 0 saturated heterocycles. The van der Waals surface area contributed by atoms with Crippen LogP contribution in [0.5, 0.6) is 0 Å². The Labute approximate surface area is 141 Å². The molecule has 1 aromatic heterocycles. The number of aromatic nitrogens is 2. The molecular formula is C14H6BrF5N2Se. The second-order valence-corrected chi connectivity index (χ2v) is 6.75. The summed E-state index contributed by atoms with van der Waals surface area (Å²) in [5, 5.41) is 0. The standard InChI is InChI=1S/C14H6BrF5N2Se/c1-3-5(7(15)4(2)14-13(3)21-23-22-14)6-8(16)10(18)12(20)11(19)9(6)17/h1-2H3. The summed E-state index contributed by atoms with van der Waals surface area (Å²) in [6.07, 6.45) is 0. The topological polar surface area (TPSA) is 25.8 Å². The van der Waals surface area contributed by atoms with Crippen LogP contribution in [0, 0.1) is 42.9 Å². The van der Waals surface area contributed by atoms with Gasteiger partial charge in [-0.3, -0.25) is 0 Å². The second kappa shape index (κ2) is 5.65. The van der Waals surface area contributed by atoms with Gasteiger partial charge in [-0.25, -0.2) is 0 Å². The molecule has 0 aliphatic heterocycles. The number of aryl methyl sites for hydroxylation is 2. The van der Waals surface area contributed by atoms with Crippen LogP contribution < -0.4 is 0 Å². The zero-order valence-corrected chi connectivity index (χ0v) is 14.9. The summed E-state index contributed by atoms with van der Waals surface area (Å²) in [6, 6.07) is 0. The molecule has 0 N–H and O–H groups in total. The first-order valence-electron chi connectivity index (χ1n) is 6.20. The minimum absolute atomic E-state index is 0.106. The Kier molecular flexibility index (Phi) is 4.06. The van der Waals surface area contributed by atoms with Gasteiger partial charge in [0.25, 0.3) is 0 Å². The third-order valence-electron chi connectivity index (χ3n) is 3.58. The summed E-state index contributed by atoms with van der Waals surface area (Å²) < 4.78 is 77.2. The molecule has 3 rings (SSSR count). The average molecular weight is 456 g/mol. The second-order valence-electron chi connectivity index (χ2n) is 4.85. The SMILES string of the molecule is Cc1c(Br)c(-c2c(F)c(F)c(F)c(F)c2F)c(C)c2n[se]nc12. The molecule has 0 fully saturated rings. The van der Waals surface area contributed by atoms with Gasteiger partial charge in [-0.2, -0.15) is 0 Å². The Bertz CT molecular complexity index is 941. The number of fused-ring (bicyclic) bond motifs is 1. The fourth-order valence-corrected chi connectivity index (χ4v) is 4.43. The van der Waals surface area contributed by atoms with Crippen LogP contribution in [0.25, 0.3) is 22.2 Å². The van der Waals surface area contributed by atoms with Crippen LogP contribution in [-0.4, -0.2) is 22.9 Å². The van der Waals surface area contributed by atoms with Crippen molar-refractivity contribution in [3.05, 3.63) is 44.7 Å². The van der Waals surface area contributed by atoms with E-state index in [0.29, 0.717) is 22.2 Å². The molecule has 0 aliphatic carbocycles. The van der Waals surface area contributed by atoms with Gasteiger partial charge in [-0.05, 0) is 0 Å². The van der Waals surface area contributed by atoms with Crippen molar-refractivity contribution in [3.8, 4) is 11.1 Å². The fourth-order valence-electron chi connectivity index (χ4n) is 2.38. The van der Waals surface area contributed by atoms with E-state index < -0.39 is 49.6 Å². The molecule has 0 amide bonds. The summed E-state index contributed by atoms with van der Waals surface area (Å²) in [6.45, 7) is 3.15. The quantitative estimate of drug-likeness (QED) is 0.235. The molecule has 0 unspecified atom stereocenters. The summed E-state index contributed by atoms with van der Waals surface area (Å²) in [5.74, 6) is -9.88. The Morgan fingerprint density at radius 2 is 1.13 bits per heavy atom. The van der Waals surface area contributed by atoms with Gasteiger partial charge in [-0.1, -0.05) is 0 Å². The van der Waals surface area contributed by atoms with Crippen molar-refractivity contribution in [1.82, 2.24) is 7.96 Å². The molecule has 0 atom stereocenters. The summed E-state index contributed by atoms with van der Waals surface area (Å²) in [5.41, 5.74) is 0.764. The van der Waals surface area contributed by atoms with Crippen LogP contribution >= 0.6 is 15.9 Å². The van der Waals surface area contributed by atoms with Crippen LogP contribution in [0.1, 0.15) is 11.1 Å². The Balaban J connectivity index is 2.53. The first kappa shape index (κ1) is 16.5. The van der Waals surface area contributed by atoms with Crippen LogP contribution in [0.2, 0.25) is 0 Å². The van der Waals surface area contributed by atoms with E-state index in [4.69, 9.17) is 0 Å². The van der Waals surface area contributed by atoms with Gasteiger partial charge in [-0.15, -0.1) is 0 Å². The van der Waals surface area contributed by atoms with Crippen LogP contribution in [0.15, 0.2) is 4.47 Å². The zero-order valence-electron chi connectivity index (χ0n) is 11.6. The first-order valence-corrected chi connectivity index (χ1v) is 8.52. The maximum absolute atomic E-state index is 14.1. The Morgan fingerprint density at radius 3 is 1.65 bits per heavy atom. The van der Waals surface area contributed by atoms with E-state index in [1.807, 2.05) is 0 Å². The minimum atomic E-state index is -2.18. The zero-order chi connectivity index (χ0) is 17.0. The molecule has 2 aromatic carbocycles. The van der Waals surface area contributed by atoms with Crippen molar-refractivity contribution in [2.24, 2.45) is 0 Å². The van der Waals surface area contributed by atoms with E-state index in [-0.39, 0.29) is 10.0 Å². The molecule has 23 heavy (non-hydrogen) atoms. The molecule has 0 bridgehead atoms. The number of benzene rings is 2. The van der Waals surface area contributed by atoms with Gasteiger partial charge in [0.1, 0.15) is 0 Å². The normalized spacial score (nSPS) is 11.5. The Hall–Kier alpha value is -1.31. The molecule has 2 nitrogen and oxygen atoms in total. The molecular weight excluding hydrogens is 450 g/mol. The summed E-state index contributed by atoms with van der Waals surface area (Å²) in [7, 11) is 0. The van der Waals surface area contributed by atoms with Crippen molar-refractivity contribution >= 4 is 41.9 Å². The first-order chi connectivity index (χ1) is 10.8. The number of hydrogen-bond acceptors (Lipinski definition) is 2. The molecule has 0 radical (unpaired) electrons. The molecule has 120 valence electrons. The number of halogens is 6. The predicted molar refractivity (Wildman–Crippen MR) is 78.9 cm³/mol. The Morgan fingerprint density at radius 1 is 0.696 bits per heavy atom. The number of nitrogens with zero attached hydrogens (tertiary/aromatic N) is 2. The van der Waals surface area contributed by atoms with Gasteiger partial charge >= 0.3 is 141 Å². The van der Waals surface area contributed by atoms with E-state index >= 15 is 0 Å². The number of hydrogen-bond donors (Lipinski definition) is 0. The third kappa shape index (κ3) is 2.25. The van der Waals surface area contributed by atoms with Crippen molar-refractivity contribution in [1.29, 1.82) is 0 Å². The molecule has 0 spiro atoms. The van der Waals surface area contributed by atoms with E-state index in [1.54, 1.807) is 6.92 Å². The molecule has 9 heteroatoms. The average Bonchev–Trinajstić information content (AvgIpc) is 3.02. The predicted octanol–water partition coefficient (Wildman–Crippen LogP) is 4.43. The van der Waals surface area contributed by atoms with Gasteiger partial charge in [0, 0.05) is 0 Å². The van der Waals surface area contributed by atoms with E-state index in [9.17, 15) is 22.0 Å². The van der Waals surface area contributed by atoms with Crippen molar-refractivity contribution < 1.29 is 22.0 Å². The van der Waals surface area contributed by atoms with Gasteiger partial charge in [0.05, 0.1) is 0 Å². The van der Waals surface area contributed by atoms with Crippen LogP contribution in [0.4, 0.5) is 22.0 Å². The molecule has 3 aromatic rings. The van der Waals surface area contributed by atoms with Crippen molar-refractivity contribution in [2.45, 2.75) is 13.8 Å². The molecule has 0 saturated carbocycles. The third-order valence-corrected chi connectivity index (χ3v) is 5.68. The maximum atomic E-state index is 14.1. The summed E-state index contributed by atoms with van der Waals surface area (Å²) >= 11 is 2.79. The van der Waals surface area contributed by atoms with Crippen LogP contribution in [-0.2, 0) is 0 Å². The van der Waals surface area contributed by atoms with Crippen LogP contribution in [0.3, 0.4) is 0 Å². The molecule has 0 aliphatic rings. The van der Waals surface area contributed by atoms with Crippen molar-refractivity contribution in [3.63, 3.8) is 0 Å². The fraction of sp³-hybridized carbons (Fsp3) is 0.143. The van der Waals surface area contributed by atoms with E-state index in [1.165, 1.54) is 6.92 Å². The van der Waals surface area contributed by atoms with E-state index in [2.05, 4.69) is 23.9 Å². The van der Waals surface area contributed by atoms with Gasteiger partial charge < -0.3 is 0 Å². The van der Waals surface area contributed by atoms with E-state index in [0.717, 1.165) is 0 Å². The monoisotopic (exact) mass is 456 g/mol. The van der Waals surface area contributed by atoms with Gasteiger partial charge in [0.15, 0.2) is 0 Å². The van der Waals surface area contributed by atoms with Gasteiger partial charge in [0.2, 0.25) is 0 Å². The molecule has 1 heterocycles. The number of rotatable bonds is 1. The summed E-state index contributed by atoms with van der Waals surface area (Å²) in [4.78, 5) is 0. The van der Waals surface area contributed by atoms with Crippen molar-refractivity contribution in [2.75, 3.05) is 0 Å².